The van der Waals surface area contributed by atoms with Gasteiger partial charge in [0.1, 0.15) is 11.7 Å². The number of nitrogens with zero attached hydrogens (tertiary/aromatic N) is 2. The molecule has 0 bridgehead atoms. The molecule has 2 heterocycles. The average molecular weight is 267 g/mol. The molecule has 1 N–H and O–H groups in total. The van der Waals surface area contributed by atoms with Gasteiger partial charge in [-0.1, -0.05) is 24.4 Å². The molecule has 2 fully saturated rings. The van der Waals surface area contributed by atoms with Crippen molar-refractivity contribution in [3.8, 4) is 0 Å². The third kappa shape index (κ3) is 2.52. The highest BCUT2D eigenvalue weighted by Gasteiger charge is 2.39. The summed E-state index contributed by atoms with van der Waals surface area (Å²) in [5.74, 6) is 1.24. The van der Waals surface area contributed by atoms with E-state index in [1.807, 2.05) is 0 Å². The number of ether oxygens (including phenoxy) is 2. The first-order chi connectivity index (χ1) is 9.34. The minimum atomic E-state index is -0.359. The van der Waals surface area contributed by atoms with E-state index in [1.54, 1.807) is 7.11 Å². The van der Waals surface area contributed by atoms with Gasteiger partial charge in [-0.25, -0.2) is 0 Å². The Bertz CT molecular complexity index is 409. The number of hydrogen-bond acceptors (Lipinski definition) is 6. The van der Waals surface area contributed by atoms with E-state index in [0.29, 0.717) is 18.3 Å². The number of rotatable bonds is 3. The molecule has 0 spiro atoms. The normalized spacial score (nSPS) is 27.3. The van der Waals surface area contributed by atoms with Crippen LogP contribution in [0.4, 0.5) is 0 Å². The summed E-state index contributed by atoms with van der Waals surface area (Å²) in [7, 11) is 1.74. The number of nitrogens with one attached hydrogen (secondary N) is 1. The second-order valence-electron chi connectivity index (χ2n) is 5.28. The van der Waals surface area contributed by atoms with Crippen LogP contribution in [0, 0.1) is 0 Å². The van der Waals surface area contributed by atoms with Gasteiger partial charge < -0.3 is 19.3 Å². The van der Waals surface area contributed by atoms with Gasteiger partial charge in [-0.15, -0.1) is 0 Å². The SMILES string of the molecule is COC1(c2noc(C3CNCCO3)n2)CCCCC1. The average Bonchev–Trinajstić information content (AvgIpc) is 2.99. The fraction of sp³-hybridized carbons (Fsp3) is 0.846. The molecular formula is C13H21N3O3. The zero-order valence-corrected chi connectivity index (χ0v) is 11.4. The predicted molar refractivity (Wildman–Crippen MR) is 67.6 cm³/mol. The molecule has 1 saturated carbocycles. The zero-order valence-electron chi connectivity index (χ0n) is 11.4. The van der Waals surface area contributed by atoms with Crippen molar-refractivity contribution < 1.29 is 14.0 Å². The Kier molecular flexibility index (Phi) is 3.81. The van der Waals surface area contributed by atoms with Crippen molar-refractivity contribution in [2.24, 2.45) is 0 Å². The molecule has 1 aliphatic heterocycles. The minimum absolute atomic E-state index is 0.132. The number of aromatic nitrogens is 2. The van der Waals surface area contributed by atoms with Gasteiger partial charge in [0, 0.05) is 20.2 Å². The second-order valence-corrected chi connectivity index (χ2v) is 5.28. The van der Waals surface area contributed by atoms with E-state index < -0.39 is 0 Å². The molecule has 1 unspecified atom stereocenters. The lowest BCUT2D eigenvalue weighted by Crippen LogP contribution is -2.34. The fourth-order valence-corrected chi connectivity index (χ4v) is 2.92. The minimum Gasteiger partial charge on any atom is -0.370 e. The van der Waals surface area contributed by atoms with Crippen LogP contribution >= 0.6 is 0 Å². The summed E-state index contributed by atoms with van der Waals surface area (Å²) in [6.07, 6.45) is 5.36. The summed E-state index contributed by atoms with van der Waals surface area (Å²) in [6.45, 7) is 2.28. The summed E-state index contributed by atoms with van der Waals surface area (Å²) < 4.78 is 16.7. The van der Waals surface area contributed by atoms with Crippen LogP contribution in [-0.4, -0.2) is 36.9 Å². The second kappa shape index (κ2) is 5.56. The van der Waals surface area contributed by atoms with Crippen LogP contribution < -0.4 is 5.32 Å². The molecule has 1 saturated heterocycles. The Labute approximate surface area is 112 Å². The number of methoxy groups -OCH3 is 1. The van der Waals surface area contributed by atoms with Crippen molar-refractivity contribution in [2.45, 2.75) is 43.8 Å². The predicted octanol–water partition coefficient (Wildman–Crippen LogP) is 1.54. The lowest BCUT2D eigenvalue weighted by atomic mass is 9.84. The first kappa shape index (κ1) is 13.0. The summed E-state index contributed by atoms with van der Waals surface area (Å²) in [4.78, 5) is 4.53. The summed E-state index contributed by atoms with van der Waals surface area (Å²) in [6, 6.07) is 0. The summed E-state index contributed by atoms with van der Waals surface area (Å²) in [5.41, 5.74) is -0.359. The van der Waals surface area contributed by atoms with Crippen LogP contribution in [0.15, 0.2) is 4.52 Å². The van der Waals surface area contributed by atoms with Crippen molar-refractivity contribution >= 4 is 0 Å². The van der Waals surface area contributed by atoms with Crippen molar-refractivity contribution in [3.05, 3.63) is 11.7 Å². The highest BCUT2D eigenvalue weighted by Crippen LogP contribution is 2.38. The third-order valence-corrected chi connectivity index (χ3v) is 4.10. The van der Waals surface area contributed by atoms with Crippen LogP contribution in [0.1, 0.15) is 49.9 Å². The quantitative estimate of drug-likeness (QED) is 0.895. The lowest BCUT2D eigenvalue weighted by molar-refractivity contribution is -0.0527. The molecule has 1 aromatic heterocycles. The smallest absolute Gasteiger partial charge is 0.257 e. The number of hydrogen-bond donors (Lipinski definition) is 1. The van der Waals surface area contributed by atoms with Gasteiger partial charge >= 0.3 is 0 Å². The molecule has 106 valence electrons. The lowest BCUT2D eigenvalue weighted by Gasteiger charge is -2.32. The van der Waals surface area contributed by atoms with Crippen molar-refractivity contribution in [3.63, 3.8) is 0 Å². The van der Waals surface area contributed by atoms with E-state index in [1.165, 1.54) is 6.42 Å². The Morgan fingerprint density at radius 2 is 2.16 bits per heavy atom. The van der Waals surface area contributed by atoms with E-state index in [4.69, 9.17) is 14.0 Å². The Balaban J connectivity index is 1.79. The van der Waals surface area contributed by atoms with E-state index in [9.17, 15) is 0 Å². The van der Waals surface area contributed by atoms with Gasteiger partial charge in [-0.05, 0) is 12.8 Å². The van der Waals surface area contributed by atoms with Crippen LogP contribution in [0.3, 0.4) is 0 Å². The molecule has 6 nitrogen and oxygen atoms in total. The van der Waals surface area contributed by atoms with Crippen LogP contribution in [0.5, 0.6) is 0 Å². The third-order valence-electron chi connectivity index (χ3n) is 4.10. The van der Waals surface area contributed by atoms with Gasteiger partial charge in [-0.3, -0.25) is 0 Å². The topological polar surface area (TPSA) is 69.4 Å². The zero-order chi connectivity index (χ0) is 13.1. The first-order valence-electron chi connectivity index (χ1n) is 7.06. The monoisotopic (exact) mass is 267 g/mol. The highest BCUT2D eigenvalue weighted by atomic mass is 16.5. The molecule has 1 aromatic rings. The van der Waals surface area contributed by atoms with E-state index >= 15 is 0 Å². The molecule has 1 atom stereocenters. The summed E-state index contributed by atoms with van der Waals surface area (Å²) in [5, 5.41) is 7.40. The highest BCUT2D eigenvalue weighted by molar-refractivity contribution is 5.04. The van der Waals surface area contributed by atoms with E-state index in [0.717, 1.165) is 38.8 Å². The maximum absolute atomic E-state index is 5.72. The summed E-state index contributed by atoms with van der Waals surface area (Å²) >= 11 is 0. The molecule has 1 aliphatic carbocycles. The Morgan fingerprint density at radius 1 is 1.32 bits per heavy atom. The van der Waals surface area contributed by atoms with Gasteiger partial charge in [0.15, 0.2) is 0 Å². The van der Waals surface area contributed by atoms with Gasteiger partial charge in [-0.2, -0.15) is 4.98 Å². The van der Waals surface area contributed by atoms with Crippen molar-refractivity contribution in [2.75, 3.05) is 26.8 Å². The largest absolute Gasteiger partial charge is 0.370 e. The fourth-order valence-electron chi connectivity index (χ4n) is 2.92. The first-order valence-corrected chi connectivity index (χ1v) is 7.06. The van der Waals surface area contributed by atoms with Crippen LogP contribution in [0.25, 0.3) is 0 Å². The Hall–Kier alpha value is -0.980. The molecule has 0 radical (unpaired) electrons. The maximum atomic E-state index is 5.72. The van der Waals surface area contributed by atoms with E-state index in [2.05, 4.69) is 15.5 Å². The molecule has 6 heteroatoms. The van der Waals surface area contributed by atoms with Gasteiger partial charge in [0.05, 0.1) is 6.61 Å². The van der Waals surface area contributed by atoms with E-state index in [-0.39, 0.29) is 11.7 Å². The standard InChI is InChI=1S/C13H21N3O3/c1-17-13(5-3-2-4-6-13)12-15-11(19-16-12)10-9-14-7-8-18-10/h10,14H,2-9H2,1H3. The van der Waals surface area contributed by atoms with Crippen molar-refractivity contribution in [1.29, 1.82) is 0 Å². The molecule has 19 heavy (non-hydrogen) atoms. The van der Waals surface area contributed by atoms with Crippen molar-refractivity contribution in [1.82, 2.24) is 15.5 Å². The Morgan fingerprint density at radius 3 is 2.84 bits per heavy atom. The van der Waals surface area contributed by atoms with Gasteiger partial charge in [0.25, 0.3) is 5.89 Å². The molecular weight excluding hydrogens is 246 g/mol. The van der Waals surface area contributed by atoms with Crippen LogP contribution in [0.2, 0.25) is 0 Å². The molecule has 2 aliphatic rings. The molecule has 3 rings (SSSR count). The number of morpholine rings is 1. The molecule has 0 aromatic carbocycles. The maximum Gasteiger partial charge on any atom is 0.257 e. The molecule has 0 amide bonds. The van der Waals surface area contributed by atoms with Crippen LogP contribution in [-0.2, 0) is 15.1 Å². The van der Waals surface area contributed by atoms with Gasteiger partial charge in [0.2, 0.25) is 5.82 Å².